The Morgan fingerprint density at radius 2 is 1.40 bits per heavy atom. The maximum Gasteiger partial charge on any atom is 0.408 e. The molecule has 0 heterocycles. The second-order valence-electron chi connectivity index (χ2n) is 7.30. The van der Waals surface area contributed by atoms with Crippen LogP contribution in [0.1, 0.15) is 46.6 Å². The normalized spacial score (nSPS) is 11.2. The van der Waals surface area contributed by atoms with Gasteiger partial charge in [-0.2, -0.15) is 0 Å². The van der Waals surface area contributed by atoms with Crippen LogP contribution in [0.5, 0.6) is 0 Å². The molecule has 0 radical (unpaired) electrons. The van der Waals surface area contributed by atoms with Gasteiger partial charge >= 0.3 is 24.0 Å². The van der Waals surface area contributed by atoms with Crippen molar-refractivity contribution in [3.05, 3.63) is 35.9 Å². The van der Waals surface area contributed by atoms with E-state index in [4.69, 9.17) is 18.9 Å². The number of esters is 3. The average Bonchev–Trinajstić information content (AvgIpc) is 2.65. The van der Waals surface area contributed by atoms with E-state index in [1.54, 1.807) is 51.1 Å². The largest absolute Gasteiger partial charge is 0.464 e. The SMILES string of the molecule is CCOC(=O)C(CC(=O)OC(C)(C)C)(NC(=O)OCc1ccccc1)C(=O)OCC. The topological polar surface area (TPSA) is 117 Å². The Labute approximate surface area is 176 Å². The number of ether oxygens (including phenoxy) is 4. The molecule has 1 amide bonds. The van der Waals surface area contributed by atoms with Crippen LogP contribution in [0.4, 0.5) is 4.79 Å². The van der Waals surface area contributed by atoms with Gasteiger partial charge in [-0.1, -0.05) is 30.3 Å². The molecule has 166 valence electrons. The smallest absolute Gasteiger partial charge is 0.408 e. The number of benzene rings is 1. The van der Waals surface area contributed by atoms with Crippen LogP contribution in [0.15, 0.2) is 30.3 Å². The summed E-state index contributed by atoms with van der Waals surface area (Å²) >= 11 is 0. The predicted molar refractivity (Wildman–Crippen MR) is 106 cm³/mol. The summed E-state index contributed by atoms with van der Waals surface area (Å²) in [5.74, 6) is -3.19. The summed E-state index contributed by atoms with van der Waals surface area (Å²) in [6, 6.07) is 8.80. The van der Waals surface area contributed by atoms with Crippen LogP contribution in [0.25, 0.3) is 0 Å². The molecule has 1 aromatic carbocycles. The highest BCUT2D eigenvalue weighted by Crippen LogP contribution is 2.20. The summed E-state index contributed by atoms with van der Waals surface area (Å²) in [7, 11) is 0. The van der Waals surface area contributed by atoms with Gasteiger partial charge in [0.05, 0.1) is 19.6 Å². The molecule has 0 spiro atoms. The van der Waals surface area contributed by atoms with E-state index in [1.807, 2.05) is 0 Å². The molecule has 0 unspecified atom stereocenters. The minimum atomic E-state index is -2.44. The molecule has 0 saturated carbocycles. The molecule has 0 aromatic heterocycles. The minimum absolute atomic E-state index is 0.0882. The number of carbonyl (C=O) groups is 4. The van der Waals surface area contributed by atoms with Crippen molar-refractivity contribution in [2.45, 2.75) is 58.8 Å². The fourth-order valence-corrected chi connectivity index (χ4v) is 2.41. The molecule has 0 aliphatic rings. The van der Waals surface area contributed by atoms with E-state index in [0.29, 0.717) is 5.56 Å². The first kappa shape index (κ1) is 24.9. The number of hydrogen-bond donors (Lipinski definition) is 1. The van der Waals surface area contributed by atoms with Crippen LogP contribution < -0.4 is 5.32 Å². The Morgan fingerprint density at radius 3 is 1.87 bits per heavy atom. The summed E-state index contributed by atoms with van der Waals surface area (Å²) in [6.07, 6.45) is -1.91. The van der Waals surface area contributed by atoms with E-state index < -0.39 is 41.6 Å². The lowest BCUT2D eigenvalue weighted by atomic mass is 9.95. The van der Waals surface area contributed by atoms with Gasteiger partial charge in [-0.3, -0.25) is 10.1 Å². The highest BCUT2D eigenvalue weighted by molar-refractivity contribution is 6.10. The van der Waals surface area contributed by atoms with Crippen LogP contribution in [0.2, 0.25) is 0 Å². The van der Waals surface area contributed by atoms with Crippen molar-refractivity contribution in [1.29, 1.82) is 0 Å². The van der Waals surface area contributed by atoms with Crippen LogP contribution >= 0.6 is 0 Å². The lowest BCUT2D eigenvalue weighted by molar-refractivity contribution is -0.173. The summed E-state index contributed by atoms with van der Waals surface area (Å²) in [6.45, 7) is 7.64. The minimum Gasteiger partial charge on any atom is -0.464 e. The van der Waals surface area contributed by atoms with Crippen LogP contribution in [-0.4, -0.2) is 48.4 Å². The fourth-order valence-electron chi connectivity index (χ4n) is 2.41. The summed E-state index contributed by atoms with van der Waals surface area (Å²) in [5.41, 5.74) is -2.63. The van der Waals surface area contributed by atoms with E-state index in [2.05, 4.69) is 5.32 Å². The van der Waals surface area contributed by atoms with Crippen LogP contribution in [0, 0.1) is 0 Å². The van der Waals surface area contributed by atoms with E-state index in [9.17, 15) is 19.2 Å². The van der Waals surface area contributed by atoms with E-state index in [0.717, 1.165) is 0 Å². The number of rotatable bonds is 9. The summed E-state index contributed by atoms with van der Waals surface area (Å²) in [5, 5.41) is 2.18. The molecular formula is C21H29NO8. The average molecular weight is 423 g/mol. The molecule has 0 bridgehead atoms. The monoisotopic (exact) mass is 423 g/mol. The highest BCUT2D eigenvalue weighted by Gasteiger charge is 2.53. The van der Waals surface area contributed by atoms with E-state index in [1.165, 1.54) is 13.8 Å². The van der Waals surface area contributed by atoms with Gasteiger partial charge in [0.25, 0.3) is 0 Å². The van der Waals surface area contributed by atoms with Crippen molar-refractivity contribution in [3.8, 4) is 0 Å². The molecule has 0 aliphatic carbocycles. The highest BCUT2D eigenvalue weighted by atomic mass is 16.6. The van der Waals surface area contributed by atoms with Crippen molar-refractivity contribution in [2.24, 2.45) is 0 Å². The van der Waals surface area contributed by atoms with Gasteiger partial charge < -0.3 is 18.9 Å². The van der Waals surface area contributed by atoms with Crippen molar-refractivity contribution in [1.82, 2.24) is 5.32 Å². The molecule has 9 heteroatoms. The van der Waals surface area contributed by atoms with Gasteiger partial charge in [-0.25, -0.2) is 14.4 Å². The molecule has 0 fully saturated rings. The second kappa shape index (κ2) is 11.2. The summed E-state index contributed by atoms with van der Waals surface area (Å²) < 4.78 is 20.2. The third-order valence-corrected chi connectivity index (χ3v) is 3.61. The van der Waals surface area contributed by atoms with Crippen molar-refractivity contribution >= 4 is 24.0 Å². The van der Waals surface area contributed by atoms with E-state index >= 15 is 0 Å². The molecule has 1 aromatic rings. The molecule has 9 nitrogen and oxygen atoms in total. The van der Waals surface area contributed by atoms with Crippen molar-refractivity contribution < 1.29 is 38.1 Å². The first-order valence-corrected chi connectivity index (χ1v) is 9.59. The van der Waals surface area contributed by atoms with Gasteiger partial charge in [-0.15, -0.1) is 0 Å². The Morgan fingerprint density at radius 1 is 0.867 bits per heavy atom. The summed E-state index contributed by atoms with van der Waals surface area (Å²) in [4.78, 5) is 50.2. The van der Waals surface area contributed by atoms with Crippen molar-refractivity contribution in [3.63, 3.8) is 0 Å². The second-order valence-corrected chi connectivity index (χ2v) is 7.30. The number of amides is 1. The Bertz CT molecular complexity index is 721. The Balaban J connectivity index is 3.13. The zero-order valence-electron chi connectivity index (χ0n) is 18.0. The Hall–Kier alpha value is -3.10. The third-order valence-electron chi connectivity index (χ3n) is 3.61. The molecule has 30 heavy (non-hydrogen) atoms. The van der Waals surface area contributed by atoms with Crippen LogP contribution in [0.3, 0.4) is 0 Å². The van der Waals surface area contributed by atoms with Gasteiger partial charge in [0.2, 0.25) is 5.54 Å². The first-order chi connectivity index (χ1) is 14.0. The zero-order chi connectivity index (χ0) is 22.8. The lowest BCUT2D eigenvalue weighted by Crippen LogP contribution is -2.62. The van der Waals surface area contributed by atoms with Crippen LogP contribution in [-0.2, 0) is 39.9 Å². The third kappa shape index (κ3) is 7.73. The maximum absolute atomic E-state index is 12.7. The molecule has 1 rings (SSSR count). The van der Waals surface area contributed by atoms with Gasteiger partial charge in [0.1, 0.15) is 12.2 Å². The molecular weight excluding hydrogens is 394 g/mol. The number of alkyl carbamates (subject to hydrolysis) is 1. The Kier molecular flexibility index (Phi) is 9.29. The lowest BCUT2D eigenvalue weighted by Gasteiger charge is -2.30. The standard InChI is InChI=1S/C21H29NO8/c1-6-27-17(24)21(18(25)28-7-2,13-16(23)30-20(3,4)5)22-19(26)29-14-15-11-9-8-10-12-15/h8-12H,6-7,13-14H2,1-5H3,(H,22,26). The van der Waals surface area contributed by atoms with Crippen molar-refractivity contribution in [2.75, 3.05) is 13.2 Å². The van der Waals surface area contributed by atoms with Gasteiger partial charge in [0.15, 0.2) is 0 Å². The maximum atomic E-state index is 12.7. The quantitative estimate of drug-likeness (QED) is 0.366. The zero-order valence-corrected chi connectivity index (χ0v) is 18.0. The van der Waals surface area contributed by atoms with E-state index in [-0.39, 0.29) is 19.8 Å². The predicted octanol–water partition coefficient (Wildman–Crippen LogP) is 2.51. The molecule has 1 N–H and O–H groups in total. The molecule has 0 atom stereocenters. The van der Waals surface area contributed by atoms with Gasteiger partial charge in [-0.05, 0) is 40.2 Å². The fraction of sp³-hybridized carbons (Fsp3) is 0.524. The number of nitrogens with one attached hydrogen (secondary N) is 1. The number of carbonyl (C=O) groups excluding carboxylic acids is 4. The molecule has 0 saturated heterocycles. The number of hydrogen-bond acceptors (Lipinski definition) is 8. The first-order valence-electron chi connectivity index (χ1n) is 9.59. The van der Waals surface area contributed by atoms with Gasteiger partial charge in [0, 0.05) is 0 Å². The molecule has 0 aliphatic heterocycles.